The Hall–Kier alpha value is -2.96. The average Bonchev–Trinajstić information content (AvgIpc) is 3.33. The minimum Gasteiger partial charge on any atom is -0.445 e. The topological polar surface area (TPSA) is 64.2 Å². The Balaban J connectivity index is 1.40. The molecule has 0 aliphatic carbocycles. The van der Waals surface area contributed by atoms with Gasteiger partial charge >= 0.3 is 0 Å². The van der Waals surface area contributed by atoms with Gasteiger partial charge in [0.2, 0.25) is 0 Å². The zero-order valence-electron chi connectivity index (χ0n) is 16.1. The summed E-state index contributed by atoms with van der Waals surface area (Å²) >= 11 is 0. The van der Waals surface area contributed by atoms with Crippen LogP contribution >= 0.6 is 0 Å². The molecule has 0 unspecified atom stereocenters. The number of aryl methyl sites for hydroxylation is 1. The van der Waals surface area contributed by atoms with Gasteiger partial charge in [-0.2, -0.15) is 5.10 Å². The summed E-state index contributed by atoms with van der Waals surface area (Å²) in [6.07, 6.45) is 7.25. The van der Waals surface area contributed by atoms with Crippen molar-refractivity contribution < 1.29 is 13.6 Å². The molecular weight excluding hydrogens is 359 g/mol. The average molecular weight is 382 g/mol. The molecule has 6 nitrogen and oxygen atoms in total. The van der Waals surface area contributed by atoms with Gasteiger partial charge in [-0.25, -0.2) is 9.37 Å². The predicted octanol–water partition coefficient (Wildman–Crippen LogP) is 3.33. The Labute approximate surface area is 163 Å². The molecule has 4 rings (SSSR count). The lowest BCUT2D eigenvalue weighted by atomic mass is 9.80. The minimum atomic E-state index is -0.248. The summed E-state index contributed by atoms with van der Waals surface area (Å²) in [5, 5.41) is 4.07. The molecule has 0 spiro atoms. The van der Waals surface area contributed by atoms with Crippen molar-refractivity contribution >= 4 is 5.91 Å². The van der Waals surface area contributed by atoms with Crippen LogP contribution in [0.2, 0.25) is 0 Å². The number of piperidine rings is 1. The number of hydrogen-bond acceptors (Lipinski definition) is 4. The van der Waals surface area contributed by atoms with E-state index >= 15 is 0 Å². The number of halogens is 1. The van der Waals surface area contributed by atoms with Crippen molar-refractivity contribution in [3.05, 3.63) is 71.5 Å². The lowest BCUT2D eigenvalue weighted by molar-refractivity contribution is 0.0657. The highest BCUT2D eigenvalue weighted by atomic mass is 19.1. The van der Waals surface area contributed by atoms with Gasteiger partial charge in [0.25, 0.3) is 5.91 Å². The summed E-state index contributed by atoms with van der Waals surface area (Å²) in [6.45, 7) is 3.44. The smallest absolute Gasteiger partial charge is 0.257 e. The van der Waals surface area contributed by atoms with E-state index < -0.39 is 0 Å². The van der Waals surface area contributed by atoms with Gasteiger partial charge < -0.3 is 9.32 Å². The molecule has 3 aromatic rings. The highest BCUT2D eigenvalue weighted by molar-refractivity contribution is 5.93. The number of likely N-dealkylation sites (tertiary alicyclic amines) is 1. The van der Waals surface area contributed by atoms with Gasteiger partial charge in [-0.1, -0.05) is 19.1 Å². The molecule has 0 saturated carbocycles. The van der Waals surface area contributed by atoms with Crippen molar-refractivity contribution in [2.45, 2.75) is 31.6 Å². The molecule has 1 fully saturated rings. The van der Waals surface area contributed by atoms with Gasteiger partial charge in [0, 0.05) is 38.2 Å². The van der Waals surface area contributed by atoms with Crippen LogP contribution in [0, 0.1) is 5.82 Å². The fourth-order valence-corrected chi connectivity index (χ4v) is 3.60. The van der Waals surface area contributed by atoms with Crippen LogP contribution in [0.25, 0.3) is 0 Å². The van der Waals surface area contributed by atoms with E-state index in [4.69, 9.17) is 4.42 Å². The van der Waals surface area contributed by atoms with Crippen LogP contribution in [0.5, 0.6) is 0 Å². The lowest BCUT2D eigenvalue weighted by Gasteiger charge is -2.37. The summed E-state index contributed by atoms with van der Waals surface area (Å²) in [6, 6.07) is 6.40. The number of carbonyl (C=O) groups excluding carboxylic acids is 1. The molecule has 1 amide bonds. The quantitative estimate of drug-likeness (QED) is 0.694. The van der Waals surface area contributed by atoms with Crippen LogP contribution in [0.3, 0.4) is 0 Å². The van der Waals surface area contributed by atoms with E-state index in [-0.39, 0.29) is 17.1 Å². The number of amides is 1. The fraction of sp³-hybridized carbons (Fsp3) is 0.381. The van der Waals surface area contributed by atoms with Gasteiger partial charge in [0.15, 0.2) is 5.89 Å². The van der Waals surface area contributed by atoms with Crippen LogP contribution in [0.1, 0.15) is 47.3 Å². The highest BCUT2D eigenvalue weighted by Gasteiger charge is 2.37. The molecule has 1 aromatic carbocycles. The number of rotatable bonds is 4. The summed E-state index contributed by atoms with van der Waals surface area (Å²) in [5.41, 5.74) is 1.39. The second-order valence-electron chi connectivity index (χ2n) is 7.69. The number of oxazole rings is 1. The van der Waals surface area contributed by atoms with Crippen LogP contribution in [-0.2, 0) is 18.9 Å². The molecule has 0 N–H and O–H groups in total. The SMILES string of the molecule is Cn1cc(C(=O)N2CCC(C)(c3ncc(Cc4ccc(F)cc4)o3)CC2)cn1. The van der Waals surface area contributed by atoms with Crippen LogP contribution in [0.15, 0.2) is 47.3 Å². The number of aromatic nitrogens is 3. The number of carbonyl (C=O) groups is 1. The Morgan fingerprint density at radius 2 is 1.93 bits per heavy atom. The van der Waals surface area contributed by atoms with Crippen molar-refractivity contribution in [3.8, 4) is 0 Å². The Morgan fingerprint density at radius 1 is 1.21 bits per heavy atom. The first-order chi connectivity index (χ1) is 13.4. The molecule has 1 saturated heterocycles. The minimum absolute atomic E-state index is 0.0135. The molecule has 146 valence electrons. The first-order valence-electron chi connectivity index (χ1n) is 9.40. The van der Waals surface area contributed by atoms with Gasteiger partial charge in [0.05, 0.1) is 18.0 Å². The van der Waals surface area contributed by atoms with Crippen molar-refractivity contribution in [2.24, 2.45) is 7.05 Å². The largest absolute Gasteiger partial charge is 0.445 e. The molecule has 0 radical (unpaired) electrons. The van der Waals surface area contributed by atoms with E-state index in [0.29, 0.717) is 31.0 Å². The van der Waals surface area contributed by atoms with Gasteiger partial charge in [-0.15, -0.1) is 0 Å². The van der Waals surface area contributed by atoms with E-state index in [9.17, 15) is 9.18 Å². The van der Waals surface area contributed by atoms with E-state index in [1.165, 1.54) is 12.1 Å². The Bertz CT molecular complexity index is 968. The Kier molecular flexibility index (Phi) is 4.75. The Morgan fingerprint density at radius 3 is 2.57 bits per heavy atom. The number of nitrogens with zero attached hydrogens (tertiary/aromatic N) is 4. The molecule has 3 heterocycles. The van der Waals surface area contributed by atoms with E-state index in [0.717, 1.165) is 24.2 Å². The molecule has 1 aliphatic heterocycles. The van der Waals surface area contributed by atoms with Crippen molar-refractivity contribution in [2.75, 3.05) is 13.1 Å². The summed E-state index contributed by atoms with van der Waals surface area (Å²) in [5.74, 6) is 1.23. The second kappa shape index (κ2) is 7.22. The fourth-order valence-electron chi connectivity index (χ4n) is 3.60. The lowest BCUT2D eigenvalue weighted by Crippen LogP contribution is -2.44. The molecular formula is C21H23FN4O2. The van der Waals surface area contributed by atoms with Crippen LogP contribution < -0.4 is 0 Å². The zero-order valence-corrected chi connectivity index (χ0v) is 16.1. The first-order valence-corrected chi connectivity index (χ1v) is 9.40. The van der Waals surface area contributed by atoms with Gasteiger partial charge in [-0.3, -0.25) is 9.48 Å². The zero-order chi connectivity index (χ0) is 19.7. The standard InChI is InChI=1S/C21H23FN4O2/c1-21(7-9-26(10-8-21)19(27)16-12-24-25(2)14-16)20-23-13-18(28-20)11-15-3-5-17(22)6-4-15/h3-6,12-14H,7-11H2,1-2H3. The maximum absolute atomic E-state index is 13.1. The third kappa shape index (κ3) is 3.69. The van der Waals surface area contributed by atoms with Gasteiger partial charge in [0.1, 0.15) is 11.6 Å². The van der Waals surface area contributed by atoms with Crippen molar-refractivity contribution in [3.63, 3.8) is 0 Å². The second-order valence-corrected chi connectivity index (χ2v) is 7.69. The maximum Gasteiger partial charge on any atom is 0.257 e. The summed E-state index contributed by atoms with van der Waals surface area (Å²) in [7, 11) is 1.80. The maximum atomic E-state index is 13.1. The van der Waals surface area contributed by atoms with Crippen molar-refractivity contribution in [1.29, 1.82) is 0 Å². The molecule has 7 heteroatoms. The van der Waals surface area contributed by atoms with E-state index in [1.54, 1.807) is 42.5 Å². The molecule has 28 heavy (non-hydrogen) atoms. The van der Waals surface area contributed by atoms with Crippen molar-refractivity contribution in [1.82, 2.24) is 19.7 Å². The molecule has 1 aliphatic rings. The predicted molar refractivity (Wildman–Crippen MR) is 101 cm³/mol. The normalized spacial score (nSPS) is 16.3. The highest BCUT2D eigenvalue weighted by Crippen LogP contribution is 2.35. The van der Waals surface area contributed by atoms with Crippen LogP contribution in [-0.4, -0.2) is 38.7 Å². The summed E-state index contributed by atoms with van der Waals surface area (Å²) in [4.78, 5) is 19.0. The number of hydrogen-bond donors (Lipinski definition) is 0. The van der Waals surface area contributed by atoms with E-state index in [1.807, 2.05) is 4.90 Å². The van der Waals surface area contributed by atoms with Gasteiger partial charge in [-0.05, 0) is 30.5 Å². The number of benzene rings is 1. The van der Waals surface area contributed by atoms with Crippen LogP contribution in [0.4, 0.5) is 4.39 Å². The third-order valence-corrected chi connectivity index (χ3v) is 5.47. The van der Waals surface area contributed by atoms with E-state index in [2.05, 4.69) is 17.0 Å². The summed E-state index contributed by atoms with van der Waals surface area (Å²) < 4.78 is 20.7. The molecule has 0 bridgehead atoms. The third-order valence-electron chi connectivity index (χ3n) is 5.47. The monoisotopic (exact) mass is 382 g/mol. The molecule has 0 atom stereocenters. The first kappa shape index (κ1) is 18.4. The molecule has 2 aromatic heterocycles.